The number of nitrogens with zero attached hydrogens (tertiary/aromatic N) is 2. The summed E-state index contributed by atoms with van der Waals surface area (Å²) in [5.74, 6) is -0.0947. The number of halogens is 1. The van der Waals surface area contributed by atoms with Gasteiger partial charge in [0.25, 0.3) is 5.91 Å². The number of ether oxygens (including phenoxy) is 1. The fraction of sp³-hybridized carbons (Fsp3) is 0.615. The number of amides is 1. The predicted molar refractivity (Wildman–Crippen MR) is 72.5 cm³/mol. The third-order valence-electron chi connectivity index (χ3n) is 3.25. The number of hydrogen-bond acceptors (Lipinski definition) is 3. The Balaban J connectivity index is 2.22. The van der Waals surface area contributed by atoms with Crippen LogP contribution in [-0.2, 0) is 11.3 Å². The Kier molecular flexibility index (Phi) is 4.85. The third-order valence-corrected chi connectivity index (χ3v) is 3.45. The minimum absolute atomic E-state index is 0.0893. The summed E-state index contributed by atoms with van der Waals surface area (Å²) >= 11 is 5.99. The molecule has 1 atom stereocenters. The van der Waals surface area contributed by atoms with E-state index in [9.17, 15) is 9.90 Å². The highest BCUT2D eigenvalue weighted by Gasteiger charge is 2.29. The van der Waals surface area contributed by atoms with E-state index in [4.69, 9.17) is 16.3 Å². The van der Waals surface area contributed by atoms with Crippen molar-refractivity contribution in [1.29, 1.82) is 0 Å². The van der Waals surface area contributed by atoms with Gasteiger partial charge in [0.1, 0.15) is 5.69 Å². The van der Waals surface area contributed by atoms with E-state index >= 15 is 0 Å². The van der Waals surface area contributed by atoms with Crippen LogP contribution >= 0.6 is 11.6 Å². The van der Waals surface area contributed by atoms with Gasteiger partial charge < -0.3 is 19.3 Å². The first-order valence-corrected chi connectivity index (χ1v) is 6.90. The van der Waals surface area contributed by atoms with Crippen molar-refractivity contribution in [3.63, 3.8) is 0 Å². The van der Waals surface area contributed by atoms with Gasteiger partial charge in [0.2, 0.25) is 0 Å². The number of morpholine rings is 1. The summed E-state index contributed by atoms with van der Waals surface area (Å²) in [4.78, 5) is 14.2. The molecule has 1 aliphatic heterocycles. The van der Waals surface area contributed by atoms with Gasteiger partial charge in [-0.15, -0.1) is 0 Å². The van der Waals surface area contributed by atoms with Crippen LogP contribution in [0.1, 0.15) is 23.8 Å². The molecule has 1 aliphatic rings. The van der Waals surface area contributed by atoms with Crippen LogP contribution in [-0.4, -0.2) is 52.9 Å². The molecule has 0 radical (unpaired) electrons. The molecule has 1 unspecified atom stereocenters. The fourth-order valence-corrected chi connectivity index (χ4v) is 2.52. The molecular formula is C13H19ClN2O3. The maximum Gasteiger partial charge on any atom is 0.271 e. The Morgan fingerprint density at radius 1 is 1.63 bits per heavy atom. The monoisotopic (exact) mass is 286 g/mol. The Hall–Kier alpha value is -1.04. The smallest absolute Gasteiger partial charge is 0.271 e. The molecule has 1 aromatic heterocycles. The number of carbonyl (C=O) groups is 1. The summed E-state index contributed by atoms with van der Waals surface area (Å²) in [6.45, 7) is 4.09. The highest BCUT2D eigenvalue weighted by molar-refractivity contribution is 6.31. The second kappa shape index (κ2) is 6.41. The molecule has 0 aromatic carbocycles. The number of carbonyl (C=O) groups excluding carboxylic acids is 1. The number of aliphatic hydroxyl groups is 1. The molecule has 1 amide bonds. The quantitative estimate of drug-likeness (QED) is 0.910. The highest BCUT2D eigenvalue weighted by atomic mass is 35.5. The van der Waals surface area contributed by atoms with Gasteiger partial charge in [-0.1, -0.05) is 18.5 Å². The molecule has 1 aromatic rings. The first kappa shape index (κ1) is 14.4. The Labute approximate surface area is 117 Å². The maximum atomic E-state index is 12.6. The number of rotatable bonds is 4. The Morgan fingerprint density at radius 3 is 3.11 bits per heavy atom. The van der Waals surface area contributed by atoms with Gasteiger partial charge in [-0.3, -0.25) is 4.79 Å². The molecule has 0 bridgehead atoms. The normalized spacial score (nSPS) is 19.7. The van der Waals surface area contributed by atoms with E-state index in [1.54, 1.807) is 17.2 Å². The SMILES string of the molecule is CCCn1cc(Cl)cc1C(=O)N1CCOCC1CO. The Bertz CT molecular complexity index is 447. The molecule has 1 fully saturated rings. The van der Waals surface area contributed by atoms with E-state index in [1.165, 1.54) is 0 Å². The number of aliphatic hydroxyl groups excluding tert-OH is 1. The molecule has 2 rings (SSSR count). The first-order chi connectivity index (χ1) is 9.17. The van der Waals surface area contributed by atoms with Gasteiger partial charge in [-0.05, 0) is 12.5 Å². The molecule has 2 heterocycles. The largest absolute Gasteiger partial charge is 0.394 e. The number of aryl methyl sites for hydroxylation is 1. The van der Waals surface area contributed by atoms with Crippen LogP contribution in [0.25, 0.3) is 0 Å². The van der Waals surface area contributed by atoms with Crippen molar-refractivity contribution in [3.05, 3.63) is 23.0 Å². The molecule has 0 aliphatic carbocycles. The molecular weight excluding hydrogens is 268 g/mol. The van der Waals surface area contributed by atoms with E-state index in [2.05, 4.69) is 0 Å². The van der Waals surface area contributed by atoms with E-state index in [0.29, 0.717) is 30.5 Å². The molecule has 5 nitrogen and oxygen atoms in total. The highest BCUT2D eigenvalue weighted by Crippen LogP contribution is 2.19. The standard InChI is InChI=1S/C13H19ClN2O3/c1-2-3-15-7-10(14)6-12(15)13(18)16-4-5-19-9-11(16)8-17/h6-7,11,17H,2-5,8-9H2,1H3. The summed E-state index contributed by atoms with van der Waals surface area (Å²) in [5.41, 5.74) is 0.576. The van der Waals surface area contributed by atoms with Gasteiger partial charge in [-0.2, -0.15) is 0 Å². The lowest BCUT2D eigenvalue weighted by Crippen LogP contribution is -2.50. The molecule has 19 heavy (non-hydrogen) atoms. The lowest BCUT2D eigenvalue weighted by molar-refractivity contribution is -0.0188. The molecule has 0 spiro atoms. The minimum Gasteiger partial charge on any atom is -0.394 e. The summed E-state index contributed by atoms with van der Waals surface area (Å²) in [7, 11) is 0. The van der Waals surface area contributed by atoms with Crippen LogP contribution in [0.2, 0.25) is 5.02 Å². The van der Waals surface area contributed by atoms with Crippen LogP contribution in [0.15, 0.2) is 12.3 Å². The van der Waals surface area contributed by atoms with Gasteiger partial charge in [0.15, 0.2) is 0 Å². The maximum absolute atomic E-state index is 12.6. The van der Waals surface area contributed by atoms with Crippen LogP contribution in [0.3, 0.4) is 0 Å². The second-order valence-electron chi connectivity index (χ2n) is 4.65. The zero-order valence-corrected chi connectivity index (χ0v) is 11.8. The van der Waals surface area contributed by atoms with E-state index < -0.39 is 0 Å². The Morgan fingerprint density at radius 2 is 2.42 bits per heavy atom. The molecule has 106 valence electrons. The van der Waals surface area contributed by atoms with Crippen LogP contribution in [0.4, 0.5) is 0 Å². The van der Waals surface area contributed by atoms with Gasteiger partial charge in [0, 0.05) is 19.3 Å². The molecule has 1 saturated heterocycles. The van der Waals surface area contributed by atoms with E-state index in [1.807, 2.05) is 11.5 Å². The van der Waals surface area contributed by atoms with Crippen molar-refractivity contribution in [2.75, 3.05) is 26.4 Å². The summed E-state index contributed by atoms with van der Waals surface area (Å²) < 4.78 is 7.16. The summed E-state index contributed by atoms with van der Waals surface area (Å²) in [6.07, 6.45) is 2.70. The average Bonchev–Trinajstić information content (AvgIpc) is 2.79. The van der Waals surface area contributed by atoms with Gasteiger partial charge in [-0.25, -0.2) is 0 Å². The lowest BCUT2D eigenvalue weighted by atomic mass is 10.2. The van der Waals surface area contributed by atoms with Crippen LogP contribution in [0.5, 0.6) is 0 Å². The third kappa shape index (κ3) is 3.11. The lowest BCUT2D eigenvalue weighted by Gasteiger charge is -2.34. The van der Waals surface area contributed by atoms with Crippen molar-refractivity contribution < 1.29 is 14.6 Å². The van der Waals surface area contributed by atoms with Gasteiger partial charge >= 0.3 is 0 Å². The van der Waals surface area contributed by atoms with Crippen molar-refractivity contribution in [2.45, 2.75) is 25.9 Å². The predicted octanol–water partition coefficient (Wildman–Crippen LogP) is 1.38. The minimum atomic E-state index is -0.273. The van der Waals surface area contributed by atoms with Crippen LogP contribution < -0.4 is 0 Å². The van der Waals surface area contributed by atoms with Crippen molar-refractivity contribution in [2.24, 2.45) is 0 Å². The molecule has 1 N–H and O–H groups in total. The van der Waals surface area contributed by atoms with Crippen molar-refractivity contribution >= 4 is 17.5 Å². The first-order valence-electron chi connectivity index (χ1n) is 6.52. The van der Waals surface area contributed by atoms with E-state index in [-0.39, 0.29) is 18.6 Å². The molecule has 6 heteroatoms. The molecule has 0 saturated carbocycles. The summed E-state index contributed by atoms with van der Waals surface area (Å²) in [6, 6.07) is 1.41. The zero-order chi connectivity index (χ0) is 13.8. The second-order valence-corrected chi connectivity index (χ2v) is 5.08. The topological polar surface area (TPSA) is 54.7 Å². The van der Waals surface area contributed by atoms with E-state index in [0.717, 1.165) is 13.0 Å². The number of aromatic nitrogens is 1. The van der Waals surface area contributed by atoms with Crippen LogP contribution in [0, 0.1) is 0 Å². The van der Waals surface area contributed by atoms with Crippen molar-refractivity contribution in [3.8, 4) is 0 Å². The average molecular weight is 287 g/mol. The van der Waals surface area contributed by atoms with Gasteiger partial charge in [0.05, 0.1) is 30.9 Å². The zero-order valence-electron chi connectivity index (χ0n) is 11.0. The summed E-state index contributed by atoms with van der Waals surface area (Å²) in [5, 5.41) is 9.89. The number of hydrogen-bond donors (Lipinski definition) is 1. The fourth-order valence-electron chi connectivity index (χ4n) is 2.30. The van der Waals surface area contributed by atoms with Crippen molar-refractivity contribution in [1.82, 2.24) is 9.47 Å².